The highest BCUT2D eigenvalue weighted by Crippen LogP contribution is 2.21. The lowest BCUT2D eigenvalue weighted by atomic mass is 10.2. The lowest BCUT2D eigenvalue weighted by Gasteiger charge is -2.05. The number of aromatic nitrogens is 2. The molecule has 15 heavy (non-hydrogen) atoms. The van der Waals surface area contributed by atoms with E-state index in [1.54, 1.807) is 6.07 Å². The van der Waals surface area contributed by atoms with E-state index in [2.05, 4.69) is 15.3 Å². The second-order valence-corrected chi connectivity index (χ2v) is 3.59. The van der Waals surface area contributed by atoms with Crippen molar-refractivity contribution in [3.05, 3.63) is 39.4 Å². The number of hydrogen-bond acceptors (Lipinski definition) is 3. The largest absolute Gasteiger partial charge is 0.345 e. The summed E-state index contributed by atoms with van der Waals surface area (Å²) in [5, 5.41) is 4.35. The van der Waals surface area contributed by atoms with E-state index in [0.717, 1.165) is 11.1 Å². The lowest BCUT2D eigenvalue weighted by molar-refractivity contribution is 0.789. The Hall–Kier alpha value is -1.39. The van der Waals surface area contributed by atoms with Gasteiger partial charge in [0.1, 0.15) is 0 Å². The van der Waals surface area contributed by atoms with Crippen molar-refractivity contribution in [1.29, 1.82) is 0 Å². The molecule has 5 heteroatoms. The van der Waals surface area contributed by atoms with Gasteiger partial charge in [-0.3, -0.25) is 0 Å². The quantitative estimate of drug-likeness (QED) is 0.807. The molecule has 0 atom stereocenters. The van der Waals surface area contributed by atoms with E-state index in [1.165, 1.54) is 0 Å². The summed E-state index contributed by atoms with van der Waals surface area (Å²) in [4.78, 5) is 17.8. The molecular weight excluding hydrogens is 214 g/mol. The van der Waals surface area contributed by atoms with Crippen molar-refractivity contribution in [2.45, 2.75) is 6.54 Å². The van der Waals surface area contributed by atoms with Crippen LogP contribution in [0.2, 0.25) is 5.02 Å². The monoisotopic (exact) mass is 223 g/mol. The summed E-state index contributed by atoms with van der Waals surface area (Å²) in [5.74, 6) is 0. The first-order valence-electron chi connectivity index (χ1n) is 4.54. The Balaban J connectivity index is 2.80. The zero-order chi connectivity index (χ0) is 10.8. The smallest absolute Gasteiger partial charge is 0.314 e. The molecule has 1 heterocycles. The Bertz CT molecular complexity index is 550. The van der Waals surface area contributed by atoms with Gasteiger partial charge in [0.05, 0.1) is 10.5 Å². The Kier molecular flexibility index (Phi) is 2.70. The molecule has 0 fully saturated rings. The van der Waals surface area contributed by atoms with E-state index in [-0.39, 0.29) is 5.69 Å². The molecule has 2 N–H and O–H groups in total. The predicted octanol–water partition coefficient (Wildman–Crippen LogP) is 1.30. The van der Waals surface area contributed by atoms with Crippen LogP contribution in [0, 0.1) is 0 Å². The van der Waals surface area contributed by atoms with Gasteiger partial charge in [-0.25, -0.2) is 4.79 Å². The SMILES string of the molecule is CNCc1[nH]c(=O)nc2c(Cl)cccc12. The molecule has 2 aromatic rings. The van der Waals surface area contributed by atoms with Gasteiger partial charge in [0, 0.05) is 17.6 Å². The molecule has 2 rings (SSSR count). The van der Waals surface area contributed by atoms with Crippen LogP contribution in [0.3, 0.4) is 0 Å². The van der Waals surface area contributed by atoms with E-state index >= 15 is 0 Å². The van der Waals surface area contributed by atoms with Crippen molar-refractivity contribution in [3.63, 3.8) is 0 Å². The van der Waals surface area contributed by atoms with Crippen LogP contribution in [0.4, 0.5) is 0 Å². The van der Waals surface area contributed by atoms with Crippen molar-refractivity contribution < 1.29 is 0 Å². The second-order valence-electron chi connectivity index (χ2n) is 3.19. The van der Waals surface area contributed by atoms with Gasteiger partial charge in [-0.1, -0.05) is 23.7 Å². The van der Waals surface area contributed by atoms with Gasteiger partial charge < -0.3 is 10.3 Å². The fourth-order valence-electron chi connectivity index (χ4n) is 1.51. The van der Waals surface area contributed by atoms with Crippen molar-refractivity contribution in [2.75, 3.05) is 7.05 Å². The molecule has 0 amide bonds. The molecule has 0 saturated carbocycles. The molecule has 0 spiro atoms. The average Bonchev–Trinajstić information content (AvgIpc) is 2.20. The number of benzene rings is 1. The van der Waals surface area contributed by atoms with Crippen molar-refractivity contribution in [2.24, 2.45) is 0 Å². The maximum absolute atomic E-state index is 11.3. The number of fused-ring (bicyclic) bond motifs is 1. The number of rotatable bonds is 2. The van der Waals surface area contributed by atoms with Crippen LogP contribution in [-0.4, -0.2) is 17.0 Å². The number of para-hydroxylation sites is 1. The maximum Gasteiger partial charge on any atom is 0.345 e. The minimum Gasteiger partial charge on any atom is -0.314 e. The summed E-state index contributed by atoms with van der Waals surface area (Å²) < 4.78 is 0. The zero-order valence-electron chi connectivity index (χ0n) is 8.17. The topological polar surface area (TPSA) is 57.8 Å². The first-order chi connectivity index (χ1) is 7.22. The highest BCUT2D eigenvalue weighted by atomic mass is 35.5. The van der Waals surface area contributed by atoms with Crippen LogP contribution in [0.25, 0.3) is 10.9 Å². The number of aromatic amines is 1. The van der Waals surface area contributed by atoms with Crippen molar-refractivity contribution in [3.8, 4) is 0 Å². The third-order valence-electron chi connectivity index (χ3n) is 2.14. The third-order valence-corrected chi connectivity index (χ3v) is 2.44. The van der Waals surface area contributed by atoms with Crippen LogP contribution < -0.4 is 11.0 Å². The van der Waals surface area contributed by atoms with Gasteiger partial charge in [-0.05, 0) is 13.1 Å². The second kappa shape index (κ2) is 4.00. The van der Waals surface area contributed by atoms with E-state index in [1.807, 2.05) is 19.2 Å². The van der Waals surface area contributed by atoms with Crippen molar-refractivity contribution >= 4 is 22.5 Å². The molecular formula is C10H10ClN3O. The maximum atomic E-state index is 11.3. The average molecular weight is 224 g/mol. The molecule has 0 aliphatic rings. The molecule has 1 aromatic carbocycles. The van der Waals surface area contributed by atoms with Crippen molar-refractivity contribution in [1.82, 2.24) is 15.3 Å². The zero-order valence-corrected chi connectivity index (χ0v) is 8.93. The Morgan fingerprint density at radius 3 is 3.07 bits per heavy atom. The van der Waals surface area contributed by atoms with Gasteiger partial charge in [-0.15, -0.1) is 0 Å². The summed E-state index contributed by atoms with van der Waals surface area (Å²) >= 11 is 5.97. The number of H-pyrrole nitrogens is 1. The van der Waals surface area contributed by atoms with Crippen LogP contribution in [0.1, 0.15) is 5.69 Å². The molecule has 0 aliphatic carbocycles. The fourth-order valence-corrected chi connectivity index (χ4v) is 1.73. The van der Waals surface area contributed by atoms with E-state index < -0.39 is 0 Å². The number of nitrogens with zero attached hydrogens (tertiary/aromatic N) is 1. The van der Waals surface area contributed by atoms with Crippen LogP contribution in [0.15, 0.2) is 23.0 Å². The molecule has 0 saturated heterocycles. The standard InChI is InChI=1S/C10H10ClN3O/c1-12-5-8-6-3-2-4-7(11)9(6)14-10(15)13-8/h2-4,12H,5H2,1H3,(H,13,14,15). The highest BCUT2D eigenvalue weighted by Gasteiger charge is 2.06. The Morgan fingerprint density at radius 1 is 1.53 bits per heavy atom. The number of nitrogens with one attached hydrogen (secondary N) is 2. The van der Waals surface area contributed by atoms with Crippen LogP contribution in [0.5, 0.6) is 0 Å². The molecule has 0 bridgehead atoms. The summed E-state index contributed by atoms with van der Waals surface area (Å²) in [6.07, 6.45) is 0. The van der Waals surface area contributed by atoms with Gasteiger partial charge in [0.2, 0.25) is 0 Å². The minimum absolute atomic E-state index is 0.374. The molecule has 0 radical (unpaired) electrons. The van der Waals surface area contributed by atoms with Gasteiger partial charge in [-0.2, -0.15) is 4.98 Å². The first-order valence-corrected chi connectivity index (χ1v) is 4.92. The van der Waals surface area contributed by atoms with Crippen LogP contribution in [-0.2, 0) is 6.54 Å². The molecule has 1 aromatic heterocycles. The number of hydrogen-bond donors (Lipinski definition) is 2. The molecule has 4 nitrogen and oxygen atoms in total. The minimum atomic E-state index is -0.374. The van der Waals surface area contributed by atoms with Gasteiger partial charge >= 0.3 is 5.69 Å². The summed E-state index contributed by atoms with van der Waals surface area (Å²) in [6, 6.07) is 5.44. The van der Waals surface area contributed by atoms with Gasteiger partial charge in [0.15, 0.2) is 0 Å². The molecule has 0 unspecified atom stereocenters. The highest BCUT2D eigenvalue weighted by molar-refractivity contribution is 6.35. The fraction of sp³-hybridized carbons (Fsp3) is 0.200. The Labute approximate surface area is 91.3 Å². The Morgan fingerprint density at radius 2 is 2.33 bits per heavy atom. The predicted molar refractivity (Wildman–Crippen MR) is 60.1 cm³/mol. The molecule has 78 valence electrons. The third kappa shape index (κ3) is 1.86. The van der Waals surface area contributed by atoms with E-state index in [0.29, 0.717) is 17.1 Å². The lowest BCUT2D eigenvalue weighted by Crippen LogP contribution is -2.17. The first kappa shape index (κ1) is 10.1. The molecule has 0 aliphatic heterocycles. The number of halogens is 1. The van der Waals surface area contributed by atoms with E-state index in [9.17, 15) is 4.79 Å². The summed E-state index contributed by atoms with van der Waals surface area (Å²) in [7, 11) is 1.81. The summed E-state index contributed by atoms with van der Waals surface area (Å²) in [6.45, 7) is 0.578. The van der Waals surface area contributed by atoms with Crippen LogP contribution >= 0.6 is 11.6 Å². The summed E-state index contributed by atoms with van der Waals surface area (Å²) in [5.41, 5.74) is 0.976. The normalized spacial score (nSPS) is 10.8. The van der Waals surface area contributed by atoms with E-state index in [4.69, 9.17) is 11.6 Å². The van der Waals surface area contributed by atoms with Gasteiger partial charge in [0.25, 0.3) is 0 Å².